The molecule has 19 heavy (non-hydrogen) atoms. The number of halogens is 1. The summed E-state index contributed by atoms with van der Waals surface area (Å²) in [7, 11) is 0. The monoisotopic (exact) mass is 282 g/mol. The van der Waals surface area contributed by atoms with Gasteiger partial charge in [-0.05, 0) is 43.5 Å². The van der Waals surface area contributed by atoms with E-state index in [1.807, 2.05) is 12.1 Å². The number of hydrogen-bond acceptors (Lipinski definition) is 2. The molecular formula is C16H27ClN2. The Balaban J connectivity index is 2.85. The summed E-state index contributed by atoms with van der Waals surface area (Å²) in [6.45, 7) is 11.7. The third-order valence-electron chi connectivity index (χ3n) is 3.67. The molecule has 108 valence electrons. The summed E-state index contributed by atoms with van der Waals surface area (Å²) in [6.07, 6.45) is 0.960. The minimum absolute atomic E-state index is 0.00680. The summed E-state index contributed by atoms with van der Waals surface area (Å²) in [5.74, 6) is 0.649. The van der Waals surface area contributed by atoms with Crippen LogP contribution in [0.5, 0.6) is 0 Å². The van der Waals surface area contributed by atoms with Crippen LogP contribution in [0.1, 0.15) is 33.3 Å². The molecule has 0 bridgehead atoms. The van der Waals surface area contributed by atoms with E-state index in [0.717, 1.165) is 24.5 Å². The maximum absolute atomic E-state index is 6.07. The van der Waals surface area contributed by atoms with Crippen LogP contribution in [0.4, 0.5) is 0 Å². The van der Waals surface area contributed by atoms with Gasteiger partial charge in [0.1, 0.15) is 0 Å². The van der Waals surface area contributed by atoms with E-state index < -0.39 is 0 Å². The zero-order chi connectivity index (χ0) is 14.5. The van der Waals surface area contributed by atoms with Gasteiger partial charge in [-0.2, -0.15) is 0 Å². The van der Waals surface area contributed by atoms with Crippen molar-refractivity contribution in [2.24, 2.45) is 11.7 Å². The van der Waals surface area contributed by atoms with Crippen LogP contribution in [0, 0.1) is 5.92 Å². The van der Waals surface area contributed by atoms with Crippen molar-refractivity contribution in [3.05, 3.63) is 34.9 Å². The molecule has 1 atom stereocenters. The first-order valence-corrected chi connectivity index (χ1v) is 7.48. The maximum atomic E-state index is 6.07. The molecule has 0 aromatic heterocycles. The van der Waals surface area contributed by atoms with Gasteiger partial charge < -0.3 is 5.73 Å². The van der Waals surface area contributed by atoms with Gasteiger partial charge in [0.05, 0.1) is 0 Å². The summed E-state index contributed by atoms with van der Waals surface area (Å²) < 4.78 is 0. The maximum Gasteiger partial charge on any atom is 0.0406 e. The molecule has 0 aliphatic rings. The molecule has 0 saturated heterocycles. The quantitative estimate of drug-likeness (QED) is 0.828. The van der Waals surface area contributed by atoms with Gasteiger partial charge in [0.2, 0.25) is 0 Å². The van der Waals surface area contributed by atoms with Gasteiger partial charge in [-0.1, -0.05) is 44.5 Å². The minimum Gasteiger partial charge on any atom is -0.329 e. The van der Waals surface area contributed by atoms with Crippen LogP contribution in [0.3, 0.4) is 0 Å². The second-order valence-electron chi connectivity index (χ2n) is 5.94. The Morgan fingerprint density at radius 1 is 1.26 bits per heavy atom. The van der Waals surface area contributed by atoms with Crippen molar-refractivity contribution >= 4 is 11.6 Å². The van der Waals surface area contributed by atoms with E-state index in [2.05, 4.69) is 44.7 Å². The summed E-state index contributed by atoms with van der Waals surface area (Å²) >= 11 is 5.94. The molecule has 2 nitrogen and oxygen atoms in total. The molecule has 1 aromatic rings. The predicted octanol–water partition coefficient (Wildman–Crippen LogP) is 3.58. The molecule has 1 unspecified atom stereocenters. The number of nitrogens with two attached hydrogens (primary N) is 1. The second-order valence-corrected chi connectivity index (χ2v) is 6.37. The zero-order valence-electron chi connectivity index (χ0n) is 12.6. The first-order chi connectivity index (χ1) is 8.91. The first-order valence-electron chi connectivity index (χ1n) is 7.11. The Morgan fingerprint density at radius 3 is 2.26 bits per heavy atom. The van der Waals surface area contributed by atoms with Crippen molar-refractivity contribution in [2.45, 2.75) is 39.7 Å². The Morgan fingerprint density at radius 2 is 1.84 bits per heavy atom. The fourth-order valence-electron chi connectivity index (χ4n) is 2.53. The molecule has 0 radical (unpaired) electrons. The molecule has 2 N–H and O–H groups in total. The summed E-state index contributed by atoms with van der Waals surface area (Å²) in [5, 5.41) is 0.785. The van der Waals surface area contributed by atoms with E-state index >= 15 is 0 Å². The fourth-order valence-corrected chi connectivity index (χ4v) is 2.65. The molecule has 3 heteroatoms. The second kappa shape index (κ2) is 7.28. The largest absolute Gasteiger partial charge is 0.329 e. The van der Waals surface area contributed by atoms with Crippen molar-refractivity contribution in [1.82, 2.24) is 4.90 Å². The number of hydrogen-bond donors (Lipinski definition) is 1. The van der Waals surface area contributed by atoms with Crippen molar-refractivity contribution in [2.75, 3.05) is 19.6 Å². The fraction of sp³-hybridized carbons (Fsp3) is 0.625. The van der Waals surface area contributed by atoms with Gasteiger partial charge in [0, 0.05) is 23.7 Å². The lowest BCUT2D eigenvalue weighted by Crippen LogP contribution is -2.54. The zero-order valence-corrected chi connectivity index (χ0v) is 13.4. The molecule has 0 fully saturated rings. The van der Waals surface area contributed by atoms with Gasteiger partial charge in [-0.3, -0.25) is 4.90 Å². The van der Waals surface area contributed by atoms with Gasteiger partial charge in [-0.25, -0.2) is 0 Å². The molecule has 0 heterocycles. The Bertz CT molecular complexity index is 375. The molecule has 0 spiro atoms. The first kappa shape index (κ1) is 16.5. The number of benzene rings is 1. The molecule has 0 amide bonds. The normalized spacial score (nSPS) is 14.9. The molecule has 0 aliphatic carbocycles. The highest BCUT2D eigenvalue weighted by Crippen LogP contribution is 2.22. The third-order valence-corrected chi connectivity index (χ3v) is 3.92. The lowest BCUT2D eigenvalue weighted by Gasteiger charge is -2.41. The van der Waals surface area contributed by atoms with Gasteiger partial charge >= 0.3 is 0 Å². The van der Waals surface area contributed by atoms with Gasteiger partial charge in [0.25, 0.3) is 0 Å². The van der Waals surface area contributed by atoms with Crippen molar-refractivity contribution in [3.63, 3.8) is 0 Å². The topological polar surface area (TPSA) is 29.3 Å². The van der Waals surface area contributed by atoms with Gasteiger partial charge in [-0.15, -0.1) is 0 Å². The Labute approximate surface area is 122 Å². The van der Waals surface area contributed by atoms with E-state index in [9.17, 15) is 0 Å². The average Bonchev–Trinajstić information content (AvgIpc) is 2.38. The highest BCUT2D eigenvalue weighted by molar-refractivity contribution is 6.30. The van der Waals surface area contributed by atoms with Crippen LogP contribution in [0.25, 0.3) is 0 Å². The lowest BCUT2D eigenvalue weighted by molar-refractivity contribution is 0.102. The average molecular weight is 283 g/mol. The number of likely N-dealkylation sites (N-methyl/N-ethyl adjacent to an activating group) is 1. The van der Waals surface area contributed by atoms with Crippen LogP contribution < -0.4 is 5.73 Å². The SMILES string of the molecule is CCN(CC(C)C)C(C)(CN)Cc1ccc(Cl)cc1. The summed E-state index contributed by atoms with van der Waals surface area (Å²) in [6, 6.07) is 8.10. The predicted molar refractivity (Wildman–Crippen MR) is 84.7 cm³/mol. The van der Waals surface area contributed by atoms with Crippen LogP contribution >= 0.6 is 11.6 Å². The van der Waals surface area contributed by atoms with E-state index in [1.54, 1.807) is 0 Å². The van der Waals surface area contributed by atoms with Crippen molar-refractivity contribution in [1.29, 1.82) is 0 Å². The highest BCUT2D eigenvalue weighted by Gasteiger charge is 2.30. The van der Waals surface area contributed by atoms with E-state index in [-0.39, 0.29) is 5.54 Å². The third kappa shape index (κ3) is 4.79. The highest BCUT2D eigenvalue weighted by atomic mass is 35.5. The Kier molecular flexibility index (Phi) is 6.31. The Hall–Kier alpha value is -0.570. The summed E-state index contributed by atoms with van der Waals surface area (Å²) in [4.78, 5) is 2.49. The lowest BCUT2D eigenvalue weighted by atomic mass is 9.90. The minimum atomic E-state index is 0.00680. The number of rotatable bonds is 7. The molecular weight excluding hydrogens is 256 g/mol. The summed E-state index contributed by atoms with van der Waals surface area (Å²) in [5.41, 5.74) is 7.37. The molecule has 0 aliphatic heterocycles. The standard InChI is InChI=1S/C16H27ClN2/c1-5-19(11-13(2)3)16(4,12-18)10-14-6-8-15(17)9-7-14/h6-9,13H,5,10-12,18H2,1-4H3. The van der Waals surface area contributed by atoms with Gasteiger partial charge in [0.15, 0.2) is 0 Å². The molecule has 1 aromatic carbocycles. The molecule has 1 rings (SSSR count). The van der Waals surface area contributed by atoms with E-state index in [4.69, 9.17) is 17.3 Å². The van der Waals surface area contributed by atoms with Crippen molar-refractivity contribution < 1.29 is 0 Å². The van der Waals surface area contributed by atoms with Crippen LogP contribution in [0.2, 0.25) is 5.02 Å². The molecule has 0 saturated carbocycles. The van der Waals surface area contributed by atoms with Crippen molar-refractivity contribution in [3.8, 4) is 0 Å². The van der Waals surface area contributed by atoms with E-state index in [1.165, 1.54) is 5.56 Å². The number of nitrogens with zero attached hydrogens (tertiary/aromatic N) is 1. The smallest absolute Gasteiger partial charge is 0.0406 e. The van der Waals surface area contributed by atoms with Crippen LogP contribution in [-0.2, 0) is 6.42 Å². The van der Waals surface area contributed by atoms with Crippen LogP contribution in [0.15, 0.2) is 24.3 Å². The van der Waals surface area contributed by atoms with Crippen LogP contribution in [-0.4, -0.2) is 30.1 Å². The van der Waals surface area contributed by atoms with E-state index in [0.29, 0.717) is 12.5 Å².